The Morgan fingerprint density at radius 3 is 3.00 bits per heavy atom. The fourth-order valence-electron chi connectivity index (χ4n) is 2.76. The number of rotatable bonds is 5. The molecule has 0 spiro atoms. The van der Waals surface area contributed by atoms with Gasteiger partial charge < -0.3 is 14.4 Å². The van der Waals surface area contributed by atoms with Crippen molar-refractivity contribution in [3.63, 3.8) is 0 Å². The third-order valence-corrected chi connectivity index (χ3v) is 4.66. The van der Waals surface area contributed by atoms with E-state index in [1.807, 2.05) is 17.2 Å². The second-order valence-electron chi connectivity index (χ2n) is 5.59. The number of hydrogen-bond acceptors (Lipinski definition) is 7. The number of amides is 1. The lowest BCUT2D eigenvalue weighted by molar-refractivity contribution is 0.0521. The van der Waals surface area contributed by atoms with Crippen LogP contribution >= 0.6 is 11.8 Å². The van der Waals surface area contributed by atoms with Crippen LogP contribution in [0.1, 0.15) is 23.2 Å². The highest BCUT2D eigenvalue weighted by Gasteiger charge is 2.27. The van der Waals surface area contributed by atoms with Crippen LogP contribution in [0, 0.1) is 0 Å². The first-order valence-electron chi connectivity index (χ1n) is 8.02. The first-order chi connectivity index (χ1) is 12.2. The molecule has 0 aliphatic carbocycles. The van der Waals surface area contributed by atoms with Gasteiger partial charge in [-0.15, -0.1) is 11.8 Å². The fraction of sp³-hybridized carbons (Fsp3) is 0.412. The van der Waals surface area contributed by atoms with Gasteiger partial charge in [-0.2, -0.15) is 4.98 Å². The molecule has 1 saturated heterocycles. The van der Waals surface area contributed by atoms with Gasteiger partial charge in [0.15, 0.2) is 0 Å². The SMILES string of the molecule is COc1cncc(OC2CCCN(C(=O)c3cccnc3SC)C2)n1. The molecule has 7 nitrogen and oxygen atoms in total. The Kier molecular flexibility index (Phi) is 5.70. The Balaban J connectivity index is 1.69. The minimum absolute atomic E-state index is 0.0116. The smallest absolute Gasteiger partial charge is 0.256 e. The Morgan fingerprint density at radius 1 is 1.36 bits per heavy atom. The van der Waals surface area contributed by atoms with Crippen molar-refractivity contribution in [2.24, 2.45) is 0 Å². The molecule has 3 heterocycles. The molecular formula is C17H20N4O3S. The van der Waals surface area contributed by atoms with Crippen molar-refractivity contribution < 1.29 is 14.3 Å². The van der Waals surface area contributed by atoms with E-state index < -0.39 is 0 Å². The summed E-state index contributed by atoms with van der Waals surface area (Å²) in [6.07, 6.45) is 8.32. The number of carbonyl (C=O) groups is 1. The van der Waals surface area contributed by atoms with Gasteiger partial charge in [-0.3, -0.25) is 9.78 Å². The van der Waals surface area contributed by atoms with Gasteiger partial charge in [0.1, 0.15) is 11.1 Å². The number of ether oxygens (including phenoxy) is 2. The first kappa shape index (κ1) is 17.5. The zero-order valence-corrected chi connectivity index (χ0v) is 15.0. The van der Waals surface area contributed by atoms with Crippen LogP contribution < -0.4 is 9.47 Å². The van der Waals surface area contributed by atoms with Gasteiger partial charge in [-0.05, 0) is 31.2 Å². The van der Waals surface area contributed by atoms with Crippen molar-refractivity contribution in [1.29, 1.82) is 0 Å². The van der Waals surface area contributed by atoms with Crippen LogP contribution in [-0.4, -0.2) is 58.3 Å². The van der Waals surface area contributed by atoms with Crippen molar-refractivity contribution in [1.82, 2.24) is 19.9 Å². The molecule has 1 amide bonds. The normalized spacial score (nSPS) is 17.2. The molecule has 1 atom stereocenters. The molecule has 1 fully saturated rings. The molecule has 0 aromatic carbocycles. The predicted octanol–water partition coefficient (Wildman–Crippen LogP) is 2.29. The molecule has 25 heavy (non-hydrogen) atoms. The summed E-state index contributed by atoms with van der Waals surface area (Å²) < 4.78 is 11.0. The summed E-state index contributed by atoms with van der Waals surface area (Å²) in [5, 5.41) is 0.745. The minimum Gasteiger partial charge on any atom is -0.480 e. The summed E-state index contributed by atoms with van der Waals surface area (Å²) >= 11 is 1.47. The number of piperidine rings is 1. The molecule has 0 saturated carbocycles. The summed E-state index contributed by atoms with van der Waals surface area (Å²) in [7, 11) is 1.53. The van der Waals surface area contributed by atoms with E-state index in [0.717, 1.165) is 17.9 Å². The second kappa shape index (κ2) is 8.15. The molecule has 2 aromatic rings. The zero-order valence-electron chi connectivity index (χ0n) is 14.2. The topological polar surface area (TPSA) is 77.4 Å². The van der Waals surface area contributed by atoms with E-state index in [9.17, 15) is 4.79 Å². The largest absolute Gasteiger partial charge is 0.480 e. The molecule has 2 aromatic heterocycles. The van der Waals surface area contributed by atoms with Crippen LogP contribution in [0.15, 0.2) is 35.7 Å². The van der Waals surface area contributed by atoms with Crippen LogP contribution in [0.3, 0.4) is 0 Å². The number of carbonyl (C=O) groups excluding carboxylic acids is 1. The second-order valence-corrected chi connectivity index (χ2v) is 6.39. The number of likely N-dealkylation sites (tertiary alicyclic amines) is 1. The molecule has 0 radical (unpaired) electrons. The standard InChI is InChI=1S/C17H20N4O3S/c1-23-14-9-18-10-15(20-14)24-12-5-4-8-21(11-12)17(22)13-6-3-7-19-16(13)25-2/h3,6-7,9-10,12H,4-5,8,11H2,1-2H3. The van der Waals surface area contributed by atoms with Crippen molar-refractivity contribution >= 4 is 17.7 Å². The van der Waals surface area contributed by atoms with Gasteiger partial charge in [0.2, 0.25) is 11.8 Å². The van der Waals surface area contributed by atoms with E-state index in [-0.39, 0.29) is 12.0 Å². The fourth-order valence-corrected chi connectivity index (χ4v) is 3.30. The van der Waals surface area contributed by atoms with Gasteiger partial charge in [0.25, 0.3) is 5.91 Å². The maximum absolute atomic E-state index is 12.8. The quantitative estimate of drug-likeness (QED) is 0.757. The third kappa shape index (κ3) is 4.19. The predicted molar refractivity (Wildman–Crippen MR) is 94.2 cm³/mol. The lowest BCUT2D eigenvalue weighted by Gasteiger charge is -2.32. The number of pyridine rings is 1. The maximum atomic E-state index is 12.8. The molecule has 8 heteroatoms. The Hall–Kier alpha value is -2.35. The van der Waals surface area contributed by atoms with E-state index in [1.54, 1.807) is 18.5 Å². The zero-order chi connectivity index (χ0) is 17.6. The van der Waals surface area contributed by atoms with Crippen LogP contribution in [-0.2, 0) is 0 Å². The summed E-state index contributed by atoms with van der Waals surface area (Å²) in [5.41, 5.74) is 0.636. The van der Waals surface area contributed by atoms with E-state index in [2.05, 4.69) is 15.0 Å². The molecule has 132 valence electrons. The molecule has 0 N–H and O–H groups in total. The number of nitrogens with zero attached hydrogens (tertiary/aromatic N) is 4. The number of hydrogen-bond donors (Lipinski definition) is 0. The van der Waals surface area contributed by atoms with Crippen LogP contribution in [0.5, 0.6) is 11.8 Å². The number of thioether (sulfide) groups is 1. The lowest BCUT2D eigenvalue weighted by atomic mass is 10.1. The van der Waals surface area contributed by atoms with E-state index in [0.29, 0.717) is 30.4 Å². The van der Waals surface area contributed by atoms with Gasteiger partial charge in [0.05, 0.1) is 31.6 Å². The maximum Gasteiger partial charge on any atom is 0.256 e. The first-order valence-corrected chi connectivity index (χ1v) is 9.24. The van der Waals surface area contributed by atoms with Crippen molar-refractivity contribution in [2.75, 3.05) is 26.5 Å². The van der Waals surface area contributed by atoms with E-state index in [1.165, 1.54) is 25.1 Å². The summed E-state index contributed by atoms with van der Waals surface area (Å²) in [6, 6.07) is 3.61. The lowest BCUT2D eigenvalue weighted by Crippen LogP contribution is -2.44. The van der Waals surface area contributed by atoms with Gasteiger partial charge in [-0.25, -0.2) is 4.98 Å². The summed E-state index contributed by atoms with van der Waals surface area (Å²) in [6.45, 7) is 1.23. The highest BCUT2D eigenvalue weighted by atomic mass is 32.2. The van der Waals surface area contributed by atoms with Crippen LogP contribution in [0.2, 0.25) is 0 Å². The molecule has 1 aliphatic heterocycles. The van der Waals surface area contributed by atoms with Crippen molar-refractivity contribution in [3.05, 3.63) is 36.3 Å². The molecule has 1 unspecified atom stereocenters. The Labute approximate surface area is 150 Å². The van der Waals surface area contributed by atoms with Crippen molar-refractivity contribution in [2.45, 2.75) is 24.0 Å². The Morgan fingerprint density at radius 2 is 2.20 bits per heavy atom. The van der Waals surface area contributed by atoms with Crippen LogP contribution in [0.25, 0.3) is 0 Å². The molecule has 0 bridgehead atoms. The summed E-state index contributed by atoms with van der Waals surface area (Å²) in [5.74, 6) is 0.800. The highest BCUT2D eigenvalue weighted by Crippen LogP contribution is 2.22. The Bertz CT molecular complexity index is 743. The third-order valence-electron chi connectivity index (χ3n) is 3.95. The minimum atomic E-state index is -0.117. The van der Waals surface area contributed by atoms with Gasteiger partial charge in [-0.1, -0.05) is 0 Å². The molecule has 3 rings (SSSR count). The summed E-state index contributed by atoms with van der Waals surface area (Å²) in [4.78, 5) is 27.2. The van der Waals surface area contributed by atoms with Gasteiger partial charge >= 0.3 is 0 Å². The van der Waals surface area contributed by atoms with Crippen LogP contribution in [0.4, 0.5) is 0 Å². The molecule has 1 aliphatic rings. The van der Waals surface area contributed by atoms with E-state index in [4.69, 9.17) is 9.47 Å². The van der Waals surface area contributed by atoms with E-state index >= 15 is 0 Å². The molecular weight excluding hydrogens is 340 g/mol. The van der Waals surface area contributed by atoms with Crippen molar-refractivity contribution in [3.8, 4) is 11.8 Å². The van der Waals surface area contributed by atoms with Gasteiger partial charge in [0, 0.05) is 12.7 Å². The number of aromatic nitrogens is 3. The average molecular weight is 360 g/mol. The number of methoxy groups -OCH3 is 1. The highest BCUT2D eigenvalue weighted by molar-refractivity contribution is 7.98. The average Bonchev–Trinajstić information content (AvgIpc) is 2.67. The monoisotopic (exact) mass is 360 g/mol.